The minimum Gasteiger partial charge on any atom is -0.494 e. The van der Waals surface area contributed by atoms with Gasteiger partial charge in [0, 0.05) is 11.3 Å². The Morgan fingerprint density at radius 2 is 1.11 bits per heavy atom. The highest BCUT2D eigenvalue weighted by atomic mass is 16.5. The normalized spacial score (nSPS) is 10.5. The molecule has 0 aliphatic carbocycles. The largest absolute Gasteiger partial charge is 0.494 e. The quantitative estimate of drug-likeness (QED) is 0.131. The predicted octanol–water partition coefficient (Wildman–Crippen LogP) is 7.69. The summed E-state index contributed by atoms with van der Waals surface area (Å²) in [5.41, 5.74) is 1.56. The first kappa shape index (κ1) is 27.8. The van der Waals surface area contributed by atoms with Gasteiger partial charge in [0.05, 0.1) is 18.8 Å². The molecule has 0 unspecified atom stereocenters. The van der Waals surface area contributed by atoms with Crippen LogP contribution in [0.1, 0.15) is 79.5 Å². The fraction of sp³-hybridized carbons (Fsp3) is 0.355. The molecule has 0 radical (unpaired) electrons. The van der Waals surface area contributed by atoms with E-state index in [1.807, 2.05) is 12.1 Å². The highest BCUT2D eigenvalue weighted by molar-refractivity contribution is 6.04. The van der Waals surface area contributed by atoms with Crippen molar-refractivity contribution < 1.29 is 23.8 Å². The Kier molecular flexibility index (Phi) is 11.5. The molecule has 3 aromatic rings. The predicted molar refractivity (Wildman–Crippen MR) is 147 cm³/mol. The molecule has 0 fully saturated rings. The average Bonchev–Trinajstić information content (AvgIpc) is 2.92. The number of hydrogen-bond donors (Lipinski definition) is 1. The first-order chi connectivity index (χ1) is 18.1. The van der Waals surface area contributed by atoms with Crippen LogP contribution in [-0.4, -0.2) is 25.1 Å². The molecular weight excluding hydrogens is 466 g/mol. The molecule has 196 valence electrons. The average molecular weight is 504 g/mol. The highest BCUT2D eigenvalue weighted by Crippen LogP contribution is 2.20. The number of anilines is 1. The fourth-order valence-electron chi connectivity index (χ4n) is 3.60. The number of esters is 1. The van der Waals surface area contributed by atoms with Gasteiger partial charge in [-0.25, -0.2) is 4.79 Å². The molecule has 0 atom stereocenters. The summed E-state index contributed by atoms with van der Waals surface area (Å²) in [4.78, 5) is 25.1. The molecule has 0 saturated heterocycles. The van der Waals surface area contributed by atoms with E-state index < -0.39 is 5.97 Å². The molecule has 0 aliphatic heterocycles. The molecule has 0 aromatic heterocycles. The third-order valence-corrected chi connectivity index (χ3v) is 5.81. The maximum atomic E-state index is 12.6. The highest BCUT2D eigenvalue weighted by Gasteiger charge is 2.11. The topological polar surface area (TPSA) is 73.9 Å². The Bertz CT molecular complexity index is 1090. The lowest BCUT2D eigenvalue weighted by atomic mass is 10.2. The maximum absolute atomic E-state index is 12.6. The van der Waals surface area contributed by atoms with Crippen LogP contribution in [0.25, 0.3) is 0 Å². The summed E-state index contributed by atoms with van der Waals surface area (Å²) in [6.45, 7) is 5.67. The molecule has 1 amide bonds. The molecule has 1 N–H and O–H groups in total. The number of amides is 1. The van der Waals surface area contributed by atoms with E-state index in [2.05, 4.69) is 19.2 Å². The van der Waals surface area contributed by atoms with E-state index in [0.29, 0.717) is 35.8 Å². The van der Waals surface area contributed by atoms with E-state index in [0.717, 1.165) is 30.8 Å². The zero-order chi connectivity index (χ0) is 26.3. The second-order valence-corrected chi connectivity index (χ2v) is 8.88. The zero-order valence-corrected chi connectivity index (χ0v) is 21.8. The van der Waals surface area contributed by atoms with Crippen molar-refractivity contribution >= 4 is 17.6 Å². The molecule has 0 spiro atoms. The van der Waals surface area contributed by atoms with Crippen LogP contribution in [0.3, 0.4) is 0 Å². The number of hydrogen-bond acceptors (Lipinski definition) is 5. The van der Waals surface area contributed by atoms with Gasteiger partial charge >= 0.3 is 5.97 Å². The molecule has 6 heteroatoms. The molecule has 0 bridgehead atoms. The summed E-state index contributed by atoms with van der Waals surface area (Å²) >= 11 is 0. The lowest BCUT2D eigenvalue weighted by Gasteiger charge is -2.09. The third kappa shape index (κ3) is 9.64. The van der Waals surface area contributed by atoms with Crippen molar-refractivity contribution in [3.8, 4) is 17.2 Å². The number of carbonyl (C=O) groups is 2. The van der Waals surface area contributed by atoms with Crippen LogP contribution < -0.4 is 19.5 Å². The van der Waals surface area contributed by atoms with E-state index in [1.54, 1.807) is 60.7 Å². The van der Waals surface area contributed by atoms with Gasteiger partial charge in [-0.2, -0.15) is 0 Å². The molecule has 3 aromatic carbocycles. The molecule has 6 nitrogen and oxygen atoms in total. The Morgan fingerprint density at radius 1 is 0.595 bits per heavy atom. The van der Waals surface area contributed by atoms with Gasteiger partial charge in [-0.05, 0) is 85.6 Å². The van der Waals surface area contributed by atoms with Crippen molar-refractivity contribution in [2.45, 2.75) is 58.8 Å². The zero-order valence-electron chi connectivity index (χ0n) is 21.8. The monoisotopic (exact) mass is 503 g/mol. The molecule has 0 heterocycles. The van der Waals surface area contributed by atoms with Crippen LogP contribution in [0.15, 0.2) is 72.8 Å². The minimum atomic E-state index is -0.468. The van der Waals surface area contributed by atoms with Gasteiger partial charge in [0.1, 0.15) is 17.2 Å². The van der Waals surface area contributed by atoms with Crippen LogP contribution >= 0.6 is 0 Å². The van der Waals surface area contributed by atoms with E-state index in [9.17, 15) is 9.59 Å². The smallest absolute Gasteiger partial charge is 0.343 e. The Labute approximate surface area is 220 Å². The van der Waals surface area contributed by atoms with Crippen LogP contribution in [0, 0.1) is 0 Å². The van der Waals surface area contributed by atoms with Crippen molar-refractivity contribution in [1.82, 2.24) is 0 Å². The van der Waals surface area contributed by atoms with E-state index in [1.165, 1.54) is 25.7 Å². The van der Waals surface area contributed by atoms with Crippen LogP contribution in [0.2, 0.25) is 0 Å². The molecule has 0 aliphatic rings. The van der Waals surface area contributed by atoms with Crippen LogP contribution in [0.5, 0.6) is 17.2 Å². The number of ether oxygens (including phenoxy) is 3. The maximum Gasteiger partial charge on any atom is 0.343 e. The SMILES string of the molecule is CCCCCCCOc1ccc(C(=O)Oc2ccc(C(=O)Nc3ccc(OCCCC)cc3)cc2)cc1. The van der Waals surface area contributed by atoms with Gasteiger partial charge in [0.15, 0.2) is 0 Å². The number of benzene rings is 3. The Hall–Kier alpha value is -3.80. The fourth-order valence-corrected chi connectivity index (χ4v) is 3.60. The molecular formula is C31H37NO5. The lowest BCUT2D eigenvalue weighted by Crippen LogP contribution is -2.12. The summed E-state index contributed by atoms with van der Waals surface area (Å²) < 4.78 is 16.8. The van der Waals surface area contributed by atoms with Gasteiger partial charge in [-0.15, -0.1) is 0 Å². The number of rotatable bonds is 15. The third-order valence-electron chi connectivity index (χ3n) is 5.81. The summed E-state index contributed by atoms with van der Waals surface area (Å²) in [5.74, 6) is 1.16. The lowest BCUT2D eigenvalue weighted by molar-refractivity contribution is 0.0734. The van der Waals surface area contributed by atoms with E-state index in [4.69, 9.17) is 14.2 Å². The number of carbonyl (C=O) groups excluding carboxylic acids is 2. The van der Waals surface area contributed by atoms with Crippen molar-refractivity contribution in [1.29, 1.82) is 0 Å². The molecule has 37 heavy (non-hydrogen) atoms. The summed E-state index contributed by atoms with van der Waals surface area (Å²) in [7, 11) is 0. The standard InChI is InChI=1S/C31H37NO5/c1-3-5-7-8-9-23-36-27-16-12-25(13-17-27)31(34)37-29-18-10-24(11-19-29)30(33)32-26-14-20-28(21-15-26)35-22-6-4-2/h10-21H,3-9,22-23H2,1-2H3,(H,32,33). The molecule has 3 rings (SSSR count). The van der Waals surface area contributed by atoms with E-state index >= 15 is 0 Å². The van der Waals surface area contributed by atoms with Gasteiger partial charge in [-0.3, -0.25) is 4.79 Å². The molecule has 0 saturated carbocycles. The van der Waals surface area contributed by atoms with Crippen LogP contribution in [-0.2, 0) is 0 Å². The van der Waals surface area contributed by atoms with Gasteiger partial charge in [0.2, 0.25) is 0 Å². The van der Waals surface area contributed by atoms with Crippen LogP contribution in [0.4, 0.5) is 5.69 Å². The minimum absolute atomic E-state index is 0.251. The Morgan fingerprint density at radius 3 is 1.73 bits per heavy atom. The second kappa shape index (κ2) is 15.3. The van der Waals surface area contributed by atoms with Crippen molar-refractivity contribution in [2.75, 3.05) is 18.5 Å². The summed E-state index contributed by atoms with van der Waals surface area (Å²) in [6, 6.07) is 20.7. The first-order valence-corrected chi connectivity index (χ1v) is 13.2. The number of unbranched alkanes of at least 4 members (excludes halogenated alkanes) is 5. The Balaban J connectivity index is 1.45. The van der Waals surface area contributed by atoms with Gasteiger partial charge in [0.25, 0.3) is 5.91 Å². The van der Waals surface area contributed by atoms with E-state index in [-0.39, 0.29) is 5.91 Å². The van der Waals surface area contributed by atoms with Crippen molar-refractivity contribution in [3.63, 3.8) is 0 Å². The van der Waals surface area contributed by atoms with Gasteiger partial charge < -0.3 is 19.5 Å². The summed E-state index contributed by atoms with van der Waals surface area (Å²) in [6.07, 6.45) is 8.00. The summed E-state index contributed by atoms with van der Waals surface area (Å²) in [5, 5.41) is 2.86. The van der Waals surface area contributed by atoms with Crippen molar-refractivity contribution in [2.24, 2.45) is 0 Å². The van der Waals surface area contributed by atoms with Gasteiger partial charge in [-0.1, -0.05) is 46.0 Å². The second-order valence-electron chi connectivity index (χ2n) is 8.88. The number of nitrogens with one attached hydrogen (secondary N) is 1. The first-order valence-electron chi connectivity index (χ1n) is 13.2. The van der Waals surface area contributed by atoms with Crippen molar-refractivity contribution in [3.05, 3.63) is 83.9 Å².